The molecule has 1 N–H and O–H groups in total. The lowest BCUT2D eigenvalue weighted by molar-refractivity contribution is -0.143. The number of fused-ring (bicyclic) bond motifs is 1. The maximum atomic E-state index is 12.6. The van der Waals surface area contributed by atoms with Gasteiger partial charge in [0.15, 0.2) is 11.6 Å². The highest BCUT2D eigenvalue weighted by Gasteiger charge is 2.25. The van der Waals surface area contributed by atoms with Crippen LogP contribution >= 0.6 is 0 Å². The van der Waals surface area contributed by atoms with Gasteiger partial charge in [0.2, 0.25) is 0 Å². The smallest absolute Gasteiger partial charge is 0.327 e. The molecule has 0 fully saturated rings. The zero-order valence-corrected chi connectivity index (χ0v) is 14.6. The number of nitrogens with one attached hydrogen (secondary N) is 1. The third kappa shape index (κ3) is 4.30. The van der Waals surface area contributed by atoms with Crippen LogP contribution in [0.1, 0.15) is 19.0 Å². The van der Waals surface area contributed by atoms with Gasteiger partial charge in [-0.15, -0.1) is 0 Å². The van der Waals surface area contributed by atoms with E-state index in [-0.39, 0.29) is 18.4 Å². The first-order chi connectivity index (χ1) is 12.7. The number of para-hydroxylation sites is 1. The monoisotopic (exact) mass is 355 g/mol. The molecule has 0 spiro atoms. The normalized spacial score (nSPS) is 12.7. The van der Waals surface area contributed by atoms with Crippen LogP contribution in [-0.2, 0) is 16.0 Å². The topological polar surface area (TPSA) is 80.8 Å². The molecule has 0 radical (unpaired) electrons. The van der Waals surface area contributed by atoms with Crippen LogP contribution in [0.4, 0.5) is 16.3 Å². The number of benzene rings is 1. The Kier molecular flexibility index (Phi) is 5.68. The molecule has 3 rings (SSSR count). The van der Waals surface area contributed by atoms with Crippen molar-refractivity contribution in [1.82, 2.24) is 4.98 Å². The number of pyridine rings is 1. The molecule has 136 valence electrons. The molecule has 0 aliphatic carbocycles. The van der Waals surface area contributed by atoms with E-state index in [1.165, 1.54) is 0 Å². The number of rotatable bonds is 5. The molecule has 7 nitrogen and oxygen atoms in total. The van der Waals surface area contributed by atoms with Crippen LogP contribution in [-0.4, -0.2) is 36.7 Å². The minimum absolute atomic E-state index is 0.247. The van der Waals surface area contributed by atoms with Crippen LogP contribution in [0.3, 0.4) is 0 Å². The van der Waals surface area contributed by atoms with E-state index >= 15 is 0 Å². The van der Waals surface area contributed by atoms with Crippen molar-refractivity contribution in [3.8, 4) is 5.75 Å². The van der Waals surface area contributed by atoms with E-state index in [2.05, 4.69) is 10.3 Å². The average Bonchev–Trinajstić information content (AvgIpc) is 2.66. The number of urea groups is 1. The van der Waals surface area contributed by atoms with Gasteiger partial charge in [0.1, 0.15) is 6.61 Å². The Morgan fingerprint density at radius 2 is 2.04 bits per heavy atom. The van der Waals surface area contributed by atoms with E-state index in [0.29, 0.717) is 49.1 Å². The standard InChI is InChI=1S/C19H21N3O4/c1-2-25-17(23)11-9-15-8-10-16-18(20-15)22(12-13-26-16)19(24)21-14-6-4-3-5-7-14/h3-8,10H,2,9,11-13H2,1H3,(H,21,24). The fourth-order valence-corrected chi connectivity index (χ4v) is 2.65. The minimum atomic E-state index is -0.268. The summed E-state index contributed by atoms with van der Waals surface area (Å²) in [7, 11) is 0. The molecule has 0 atom stereocenters. The number of ether oxygens (including phenoxy) is 2. The Bertz CT molecular complexity index is 780. The molecule has 7 heteroatoms. The van der Waals surface area contributed by atoms with Crippen molar-refractivity contribution in [1.29, 1.82) is 0 Å². The Balaban J connectivity index is 1.73. The van der Waals surface area contributed by atoms with E-state index in [4.69, 9.17) is 9.47 Å². The van der Waals surface area contributed by atoms with E-state index in [1.54, 1.807) is 24.0 Å². The summed E-state index contributed by atoms with van der Waals surface area (Å²) in [6.07, 6.45) is 0.691. The van der Waals surface area contributed by atoms with E-state index in [1.807, 2.05) is 30.3 Å². The molecule has 0 unspecified atom stereocenters. The number of carbonyl (C=O) groups excluding carboxylic acids is 2. The lowest BCUT2D eigenvalue weighted by Crippen LogP contribution is -2.41. The highest BCUT2D eigenvalue weighted by molar-refractivity contribution is 6.02. The number of anilines is 2. The molecule has 0 bridgehead atoms. The van der Waals surface area contributed by atoms with Gasteiger partial charge in [0.25, 0.3) is 0 Å². The number of carbonyl (C=O) groups is 2. The average molecular weight is 355 g/mol. The SMILES string of the molecule is CCOC(=O)CCc1ccc2c(n1)N(C(=O)Nc1ccccc1)CCO2. The number of nitrogens with zero attached hydrogens (tertiary/aromatic N) is 2. The Morgan fingerprint density at radius 3 is 2.81 bits per heavy atom. The molecule has 1 aromatic heterocycles. The molecule has 1 aliphatic heterocycles. The zero-order chi connectivity index (χ0) is 18.4. The molecular formula is C19H21N3O4. The molecule has 1 aromatic carbocycles. The van der Waals surface area contributed by atoms with Gasteiger partial charge < -0.3 is 14.8 Å². The predicted molar refractivity (Wildman–Crippen MR) is 97.5 cm³/mol. The molecule has 0 saturated heterocycles. The lowest BCUT2D eigenvalue weighted by atomic mass is 10.2. The fraction of sp³-hybridized carbons (Fsp3) is 0.316. The van der Waals surface area contributed by atoms with Crippen molar-refractivity contribution in [2.24, 2.45) is 0 Å². The van der Waals surface area contributed by atoms with Crippen molar-refractivity contribution < 1.29 is 19.1 Å². The van der Waals surface area contributed by atoms with Crippen LogP contribution in [0.2, 0.25) is 0 Å². The number of amides is 2. The summed E-state index contributed by atoms with van der Waals surface area (Å²) in [5, 5.41) is 2.86. The lowest BCUT2D eigenvalue weighted by Gasteiger charge is -2.28. The maximum Gasteiger partial charge on any atom is 0.327 e. The second kappa shape index (κ2) is 8.33. The maximum absolute atomic E-state index is 12.6. The third-order valence-electron chi connectivity index (χ3n) is 3.89. The van der Waals surface area contributed by atoms with E-state index in [9.17, 15) is 9.59 Å². The molecule has 2 amide bonds. The van der Waals surface area contributed by atoms with Crippen LogP contribution in [0.25, 0.3) is 0 Å². The number of hydrogen-bond acceptors (Lipinski definition) is 5. The van der Waals surface area contributed by atoms with Gasteiger partial charge in [-0.2, -0.15) is 0 Å². The molecule has 1 aliphatic rings. The van der Waals surface area contributed by atoms with Gasteiger partial charge in [0, 0.05) is 17.8 Å². The third-order valence-corrected chi connectivity index (χ3v) is 3.89. The van der Waals surface area contributed by atoms with Crippen molar-refractivity contribution in [2.75, 3.05) is 30.0 Å². The highest BCUT2D eigenvalue weighted by atomic mass is 16.5. The summed E-state index contributed by atoms with van der Waals surface area (Å²) >= 11 is 0. The molecule has 2 heterocycles. The van der Waals surface area contributed by atoms with Gasteiger partial charge in [-0.3, -0.25) is 9.69 Å². The van der Waals surface area contributed by atoms with E-state index < -0.39 is 0 Å². The Labute approximate surface area is 151 Å². The number of esters is 1. The van der Waals surface area contributed by atoms with Crippen molar-refractivity contribution in [3.63, 3.8) is 0 Å². The molecular weight excluding hydrogens is 334 g/mol. The van der Waals surface area contributed by atoms with Crippen LogP contribution in [0, 0.1) is 0 Å². The predicted octanol–water partition coefficient (Wildman–Crippen LogP) is 3.01. The van der Waals surface area contributed by atoms with Gasteiger partial charge in [-0.05, 0) is 31.2 Å². The second-order valence-corrected chi connectivity index (χ2v) is 5.73. The van der Waals surface area contributed by atoms with Crippen LogP contribution < -0.4 is 15.0 Å². The summed E-state index contributed by atoms with van der Waals surface area (Å²) < 4.78 is 10.5. The summed E-state index contributed by atoms with van der Waals surface area (Å²) in [5.41, 5.74) is 1.42. The van der Waals surface area contributed by atoms with Gasteiger partial charge in [-0.1, -0.05) is 18.2 Å². The highest BCUT2D eigenvalue weighted by Crippen LogP contribution is 2.30. The van der Waals surface area contributed by atoms with E-state index in [0.717, 1.165) is 0 Å². The summed E-state index contributed by atoms with van der Waals surface area (Å²) in [4.78, 5) is 30.2. The van der Waals surface area contributed by atoms with Crippen LogP contribution in [0.15, 0.2) is 42.5 Å². The number of aryl methyl sites for hydroxylation is 1. The summed E-state index contributed by atoms with van der Waals surface area (Å²) in [6.45, 7) is 2.94. The largest absolute Gasteiger partial charge is 0.488 e. The molecule has 0 saturated carbocycles. The van der Waals surface area contributed by atoms with Gasteiger partial charge >= 0.3 is 12.0 Å². The van der Waals surface area contributed by atoms with Gasteiger partial charge in [-0.25, -0.2) is 9.78 Å². The summed E-state index contributed by atoms with van der Waals surface area (Å²) in [5.74, 6) is 0.757. The number of aromatic nitrogens is 1. The van der Waals surface area contributed by atoms with Crippen LogP contribution in [0.5, 0.6) is 5.75 Å². The van der Waals surface area contributed by atoms with Crippen molar-refractivity contribution in [2.45, 2.75) is 19.8 Å². The van der Waals surface area contributed by atoms with Gasteiger partial charge in [0.05, 0.1) is 19.6 Å². The Hall–Kier alpha value is -3.09. The molecule has 26 heavy (non-hydrogen) atoms. The molecule has 2 aromatic rings. The van der Waals surface area contributed by atoms with Crippen molar-refractivity contribution in [3.05, 3.63) is 48.2 Å². The first-order valence-electron chi connectivity index (χ1n) is 8.59. The number of hydrogen-bond donors (Lipinski definition) is 1. The Morgan fingerprint density at radius 1 is 1.23 bits per heavy atom. The first kappa shape index (κ1) is 17.7. The quantitative estimate of drug-likeness (QED) is 0.834. The second-order valence-electron chi connectivity index (χ2n) is 5.73. The first-order valence-corrected chi connectivity index (χ1v) is 8.59. The van der Waals surface area contributed by atoms with Crippen molar-refractivity contribution >= 4 is 23.5 Å². The fourth-order valence-electron chi connectivity index (χ4n) is 2.65. The zero-order valence-electron chi connectivity index (χ0n) is 14.6. The summed E-state index contributed by atoms with van der Waals surface area (Å²) in [6, 6.07) is 12.6. The minimum Gasteiger partial charge on any atom is -0.488 e.